The number of hydrogen-bond donors (Lipinski definition) is 0. The van der Waals surface area contributed by atoms with Crippen molar-refractivity contribution in [2.45, 2.75) is 12.8 Å². The zero-order valence-electron chi connectivity index (χ0n) is 8.25. The summed E-state index contributed by atoms with van der Waals surface area (Å²) in [4.78, 5) is 2.10. The van der Waals surface area contributed by atoms with Gasteiger partial charge in [-0.1, -0.05) is 12.1 Å². The van der Waals surface area contributed by atoms with Crippen molar-refractivity contribution in [3.05, 3.63) is 29.8 Å². The van der Waals surface area contributed by atoms with E-state index >= 15 is 0 Å². The van der Waals surface area contributed by atoms with Gasteiger partial charge in [0.15, 0.2) is 0 Å². The van der Waals surface area contributed by atoms with Gasteiger partial charge >= 0.3 is 0 Å². The molecule has 1 aromatic carbocycles. The normalized spacial score (nSPS) is 9.31. The zero-order chi connectivity index (χ0) is 9.68. The van der Waals surface area contributed by atoms with Gasteiger partial charge in [-0.05, 0) is 24.1 Å². The number of nitrogens with zero attached hydrogens (tertiary/aromatic N) is 1. The van der Waals surface area contributed by atoms with Crippen LogP contribution in [0.5, 0.6) is 0 Å². The van der Waals surface area contributed by atoms with E-state index in [1.165, 1.54) is 11.3 Å². The van der Waals surface area contributed by atoms with Gasteiger partial charge in [0.2, 0.25) is 0 Å². The topological polar surface area (TPSA) is 3.24 Å². The van der Waals surface area contributed by atoms with Crippen LogP contribution in [0.2, 0.25) is 0 Å². The van der Waals surface area contributed by atoms with E-state index in [1.54, 1.807) is 0 Å². The molecule has 0 spiro atoms. The summed E-state index contributed by atoms with van der Waals surface area (Å²) in [6.07, 6.45) is 7.00. The summed E-state index contributed by atoms with van der Waals surface area (Å²) in [5, 5.41) is 0. The molecule has 0 radical (unpaired) electrons. The Balaban J connectivity index is 2.75. The van der Waals surface area contributed by atoms with Crippen molar-refractivity contribution in [3.8, 4) is 12.3 Å². The molecule has 1 rings (SSSR count). The second-order valence-corrected chi connectivity index (χ2v) is 3.27. The smallest absolute Gasteiger partial charge is 0.0363 e. The lowest BCUT2D eigenvalue weighted by atomic mass is 10.1. The predicted octanol–water partition coefficient (Wildman–Crippen LogP) is 2.32. The highest BCUT2D eigenvalue weighted by Gasteiger charge is 1.96. The maximum atomic E-state index is 5.21. The summed E-state index contributed by atoms with van der Waals surface area (Å²) in [6, 6.07) is 8.46. The largest absolute Gasteiger partial charge is 0.378 e. The van der Waals surface area contributed by atoms with Gasteiger partial charge in [0.05, 0.1) is 0 Å². The first-order chi connectivity index (χ1) is 6.24. The Bertz CT molecular complexity index is 307. The molecule has 68 valence electrons. The van der Waals surface area contributed by atoms with Crippen LogP contribution in [0.3, 0.4) is 0 Å². The van der Waals surface area contributed by atoms with Gasteiger partial charge in [-0.2, -0.15) is 0 Å². The van der Waals surface area contributed by atoms with Crippen molar-refractivity contribution in [2.75, 3.05) is 19.0 Å². The molecule has 0 N–H and O–H groups in total. The van der Waals surface area contributed by atoms with Gasteiger partial charge in [0, 0.05) is 26.2 Å². The summed E-state index contributed by atoms with van der Waals surface area (Å²) in [7, 11) is 4.08. The number of benzene rings is 1. The van der Waals surface area contributed by atoms with E-state index in [-0.39, 0.29) is 0 Å². The third-order valence-electron chi connectivity index (χ3n) is 1.98. The maximum absolute atomic E-state index is 5.21. The fraction of sp³-hybridized carbons (Fsp3) is 0.333. The molecule has 1 nitrogen and oxygen atoms in total. The maximum Gasteiger partial charge on any atom is 0.0363 e. The molecule has 0 heterocycles. The molecule has 0 aliphatic heterocycles. The van der Waals surface area contributed by atoms with Crippen LogP contribution in [-0.2, 0) is 6.42 Å². The van der Waals surface area contributed by atoms with Crippen molar-refractivity contribution in [2.24, 2.45) is 0 Å². The zero-order valence-corrected chi connectivity index (χ0v) is 8.25. The molecule has 13 heavy (non-hydrogen) atoms. The number of aryl methyl sites for hydroxylation is 1. The molecule has 0 bridgehead atoms. The first-order valence-corrected chi connectivity index (χ1v) is 4.44. The van der Waals surface area contributed by atoms with E-state index in [2.05, 4.69) is 35.1 Å². The first-order valence-electron chi connectivity index (χ1n) is 4.44. The Morgan fingerprint density at radius 1 is 1.38 bits per heavy atom. The molecule has 0 unspecified atom stereocenters. The van der Waals surface area contributed by atoms with Crippen LogP contribution in [-0.4, -0.2) is 14.1 Å². The first kappa shape index (κ1) is 9.67. The minimum atomic E-state index is 0.816. The van der Waals surface area contributed by atoms with E-state index in [0.29, 0.717) is 0 Å². The van der Waals surface area contributed by atoms with Crippen molar-refractivity contribution >= 4 is 5.69 Å². The minimum Gasteiger partial charge on any atom is -0.378 e. The van der Waals surface area contributed by atoms with E-state index in [4.69, 9.17) is 6.42 Å². The Labute approximate surface area is 80.4 Å². The number of rotatable bonds is 3. The van der Waals surface area contributed by atoms with Gasteiger partial charge in [-0.25, -0.2) is 0 Å². The lowest BCUT2D eigenvalue weighted by Gasteiger charge is -2.13. The standard InChI is InChI=1S/C12H15N/c1-4-5-7-11-8-6-9-12(10-11)13(2)3/h1,6,8-10H,5,7H2,2-3H3. The number of anilines is 1. The third kappa shape index (κ3) is 2.83. The van der Waals surface area contributed by atoms with Gasteiger partial charge in [-0.3, -0.25) is 0 Å². The summed E-state index contributed by atoms with van der Waals surface area (Å²) < 4.78 is 0. The average Bonchev–Trinajstić information content (AvgIpc) is 2.15. The van der Waals surface area contributed by atoms with Gasteiger partial charge in [0.25, 0.3) is 0 Å². The Kier molecular flexibility index (Phi) is 3.40. The fourth-order valence-electron chi connectivity index (χ4n) is 1.21. The minimum absolute atomic E-state index is 0.816. The highest BCUT2D eigenvalue weighted by Crippen LogP contribution is 2.14. The van der Waals surface area contributed by atoms with Crippen LogP contribution in [0.25, 0.3) is 0 Å². The Hall–Kier alpha value is -1.42. The van der Waals surface area contributed by atoms with E-state index < -0.39 is 0 Å². The summed E-state index contributed by atoms with van der Waals surface area (Å²) >= 11 is 0. The molecule has 0 amide bonds. The van der Waals surface area contributed by atoms with Crippen LogP contribution in [0.4, 0.5) is 5.69 Å². The van der Waals surface area contributed by atoms with Crippen LogP contribution in [0.1, 0.15) is 12.0 Å². The van der Waals surface area contributed by atoms with Crippen LogP contribution in [0, 0.1) is 12.3 Å². The second-order valence-electron chi connectivity index (χ2n) is 3.27. The van der Waals surface area contributed by atoms with Crippen LogP contribution in [0.15, 0.2) is 24.3 Å². The quantitative estimate of drug-likeness (QED) is 0.634. The van der Waals surface area contributed by atoms with Gasteiger partial charge in [0.1, 0.15) is 0 Å². The molecule has 0 atom stereocenters. The van der Waals surface area contributed by atoms with Crippen molar-refractivity contribution in [3.63, 3.8) is 0 Å². The van der Waals surface area contributed by atoms with E-state index in [1.807, 2.05) is 14.1 Å². The van der Waals surface area contributed by atoms with Crippen molar-refractivity contribution < 1.29 is 0 Å². The lowest BCUT2D eigenvalue weighted by molar-refractivity contribution is 1.02. The SMILES string of the molecule is C#CCCc1cccc(N(C)C)c1. The van der Waals surface area contributed by atoms with Crippen molar-refractivity contribution in [1.82, 2.24) is 0 Å². The lowest BCUT2D eigenvalue weighted by Crippen LogP contribution is -2.08. The van der Waals surface area contributed by atoms with Crippen molar-refractivity contribution in [1.29, 1.82) is 0 Å². The van der Waals surface area contributed by atoms with E-state index in [9.17, 15) is 0 Å². The number of hydrogen-bond acceptors (Lipinski definition) is 1. The molecule has 1 heteroatoms. The Morgan fingerprint density at radius 3 is 2.77 bits per heavy atom. The summed E-state index contributed by atoms with van der Waals surface area (Å²) in [5.41, 5.74) is 2.54. The summed E-state index contributed by atoms with van der Waals surface area (Å²) in [5.74, 6) is 2.65. The third-order valence-corrected chi connectivity index (χ3v) is 1.98. The average molecular weight is 173 g/mol. The summed E-state index contributed by atoms with van der Waals surface area (Å²) in [6.45, 7) is 0. The molecule has 1 aromatic rings. The molecular weight excluding hydrogens is 158 g/mol. The van der Waals surface area contributed by atoms with Crippen LogP contribution < -0.4 is 4.90 Å². The molecule has 0 aliphatic rings. The highest BCUT2D eigenvalue weighted by atomic mass is 15.1. The molecule has 0 saturated heterocycles. The molecular formula is C12H15N. The molecule has 0 saturated carbocycles. The van der Waals surface area contributed by atoms with E-state index in [0.717, 1.165) is 12.8 Å². The number of terminal acetylenes is 1. The van der Waals surface area contributed by atoms with Gasteiger partial charge in [-0.15, -0.1) is 12.3 Å². The monoisotopic (exact) mass is 173 g/mol. The highest BCUT2D eigenvalue weighted by molar-refractivity contribution is 5.47. The predicted molar refractivity (Wildman–Crippen MR) is 57.9 cm³/mol. The fourth-order valence-corrected chi connectivity index (χ4v) is 1.21. The molecule has 0 aromatic heterocycles. The Morgan fingerprint density at radius 2 is 2.15 bits per heavy atom. The van der Waals surface area contributed by atoms with Crippen LogP contribution >= 0.6 is 0 Å². The molecule has 0 aliphatic carbocycles. The van der Waals surface area contributed by atoms with Gasteiger partial charge < -0.3 is 4.90 Å². The molecule has 0 fully saturated rings. The second kappa shape index (κ2) is 4.57.